The average Bonchev–Trinajstić information content (AvgIpc) is 2.61. The summed E-state index contributed by atoms with van der Waals surface area (Å²) < 4.78 is 1.78. The van der Waals surface area contributed by atoms with Crippen molar-refractivity contribution in [2.45, 2.75) is 13.5 Å². The van der Waals surface area contributed by atoms with E-state index in [-0.39, 0.29) is 0 Å². The minimum atomic E-state index is 0.686. The monoisotopic (exact) mass is 206 g/mol. The van der Waals surface area contributed by atoms with Gasteiger partial charge >= 0.3 is 0 Å². The fourth-order valence-electron chi connectivity index (χ4n) is 1.37. The normalized spacial score (nSPS) is 10.4. The minimum absolute atomic E-state index is 0.686. The number of rotatable bonds is 2. The third kappa shape index (κ3) is 1.66. The van der Waals surface area contributed by atoms with Crippen molar-refractivity contribution in [2.24, 2.45) is 0 Å². The molecule has 72 valence electrons. The molecule has 14 heavy (non-hydrogen) atoms. The van der Waals surface area contributed by atoms with Crippen molar-refractivity contribution in [2.75, 3.05) is 0 Å². The Hall–Kier alpha value is -1.28. The molecule has 0 aliphatic rings. The molecule has 0 atom stereocenters. The molecule has 0 N–H and O–H groups in total. The summed E-state index contributed by atoms with van der Waals surface area (Å²) in [4.78, 5) is 0. The van der Waals surface area contributed by atoms with Crippen LogP contribution in [0.15, 0.2) is 36.4 Å². The van der Waals surface area contributed by atoms with Crippen molar-refractivity contribution in [3.8, 4) is 11.3 Å². The lowest BCUT2D eigenvalue weighted by atomic mass is 10.2. The summed E-state index contributed by atoms with van der Waals surface area (Å²) in [5, 5.41) is 5.07. The number of benzene rings is 1. The molecule has 1 heterocycles. The Morgan fingerprint density at radius 2 is 2.00 bits per heavy atom. The van der Waals surface area contributed by atoms with Crippen LogP contribution in [0.4, 0.5) is 0 Å². The third-order valence-corrected chi connectivity index (χ3v) is 2.40. The van der Waals surface area contributed by atoms with Crippen LogP contribution in [0.5, 0.6) is 0 Å². The van der Waals surface area contributed by atoms with Crippen LogP contribution in [0.1, 0.15) is 6.92 Å². The van der Waals surface area contributed by atoms with Crippen LogP contribution in [0.25, 0.3) is 11.3 Å². The van der Waals surface area contributed by atoms with Gasteiger partial charge in [-0.15, -0.1) is 0 Å². The highest BCUT2D eigenvalue weighted by atomic mass is 35.5. The molecule has 0 fully saturated rings. The van der Waals surface area contributed by atoms with E-state index in [0.717, 1.165) is 17.8 Å². The van der Waals surface area contributed by atoms with Crippen LogP contribution in [0.2, 0.25) is 5.15 Å². The highest BCUT2D eigenvalue weighted by Gasteiger charge is 2.05. The minimum Gasteiger partial charge on any atom is -0.254 e. The third-order valence-electron chi connectivity index (χ3n) is 2.10. The van der Waals surface area contributed by atoms with E-state index in [9.17, 15) is 0 Å². The first kappa shape index (κ1) is 9.28. The molecule has 0 saturated carbocycles. The predicted octanol–water partition coefficient (Wildman–Crippen LogP) is 3.22. The molecule has 0 aliphatic heterocycles. The second-order valence-corrected chi connectivity index (χ2v) is 3.42. The summed E-state index contributed by atoms with van der Waals surface area (Å²) in [6.45, 7) is 2.82. The molecule has 0 spiro atoms. The van der Waals surface area contributed by atoms with Crippen LogP contribution in [0.3, 0.4) is 0 Å². The van der Waals surface area contributed by atoms with Gasteiger partial charge in [-0.1, -0.05) is 41.9 Å². The Morgan fingerprint density at radius 1 is 1.29 bits per heavy atom. The molecule has 2 aromatic rings. The van der Waals surface area contributed by atoms with Crippen LogP contribution in [0, 0.1) is 0 Å². The molecule has 0 bridgehead atoms. The van der Waals surface area contributed by atoms with Gasteiger partial charge in [0.2, 0.25) is 0 Å². The molecule has 0 saturated heterocycles. The Morgan fingerprint density at radius 3 is 2.57 bits per heavy atom. The number of hydrogen-bond acceptors (Lipinski definition) is 1. The quantitative estimate of drug-likeness (QED) is 0.738. The lowest BCUT2D eigenvalue weighted by Crippen LogP contribution is -1.95. The molecule has 2 rings (SSSR count). The van der Waals surface area contributed by atoms with Gasteiger partial charge in [-0.25, -0.2) is 0 Å². The van der Waals surface area contributed by atoms with E-state index in [4.69, 9.17) is 11.6 Å². The largest absolute Gasteiger partial charge is 0.254 e. The number of halogens is 1. The van der Waals surface area contributed by atoms with E-state index in [2.05, 4.69) is 5.10 Å². The van der Waals surface area contributed by atoms with Crippen LogP contribution in [-0.4, -0.2) is 9.78 Å². The fraction of sp³-hybridized carbons (Fsp3) is 0.182. The van der Waals surface area contributed by atoms with E-state index in [1.165, 1.54) is 0 Å². The number of aryl methyl sites for hydroxylation is 1. The van der Waals surface area contributed by atoms with E-state index in [1.54, 1.807) is 4.68 Å². The molecule has 0 amide bonds. The van der Waals surface area contributed by atoms with E-state index in [0.29, 0.717) is 5.15 Å². The van der Waals surface area contributed by atoms with E-state index in [1.807, 2.05) is 43.3 Å². The highest BCUT2D eigenvalue weighted by Crippen LogP contribution is 2.21. The van der Waals surface area contributed by atoms with Crippen molar-refractivity contribution in [1.82, 2.24) is 9.78 Å². The Labute approximate surface area is 88.1 Å². The number of aromatic nitrogens is 2. The summed E-state index contributed by atoms with van der Waals surface area (Å²) in [6, 6.07) is 11.9. The topological polar surface area (TPSA) is 17.8 Å². The first-order chi connectivity index (χ1) is 6.81. The van der Waals surface area contributed by atoms with Gasteiger partial charge in [0.1, 0.15) is 5.15 Å². The van der Waals surface area contributed by atoms with Gasteiger partial charge in [0, 0.05) is 18.2 Å². The maximum Gasteiger partial charge on any atom is 0.127 e. The summed E-state index contributed by atoms with van der Waals surface area (Å²) in [5.74, 6) is 0. The number of nitrogens with zero attached hydrogens (tertiary/aromatic N) is 2. The lowest BCUT2D eigenvalue weighted by Gasteiger charge is -1.96. The van der Waals surface area contributed by atoms with Gasteiger partial charge < -0.3 is 0 Å². The molecule has 1 aromatic heterocycles. The molecule has 0 aliphatic carbocycles. The first-order valence-electron chi connectivity index (χ1n) is 4.60. The molecule has 1 aromatic carbocycles. The molecule has 0 unspecified atom stereocenters. The van der Waals surface area contributed by atoms with Crippen molar-refractivity contribution < 1.29 is 0 Å². The zero-order valence-electron chi connectivity index (χ0n) is 7.94. The van der Waals surface area contributed by atoms with Crippen molar-refractivity contribution >= 4 is 11.6 Å². The van der Waals surface area contributed by atoms with Gasteiger partial charge in [-0.3, -0.25) is 4.68 Å². The molecular formula is C11H11ClN2. The Balaban J connectivity index is 2.43. The maximum atomic E-state index is 6.00. The molecular weight excluding hydrogens is 196 g/mol. The second kappa shape index (κ2) is 3.84. The zero-order chi connectivity index (χ0) is 9.97. The van der Waals surface area contributed by atoms with Gasteiger partial charge in [0.05, 0.1) is 5.69 Å². The van der Waals surface area contributed by atoms with Gasteiger partial charge in [-0.05, 0) is 6.92 Å². The van der Waals surface area contributed by atoms with Crippen LogP contribution < -0.4 is 0 Å². The first-order valence-corrected chi connectivity index (χ1v) is 4.98. The SMILES string of the molecule is CCn1nc(-c2ccccc2)cc1Cl. The standard InChI is InChI=1S/C11H11ClN2/c1-2-14-11(12)8-10(13-14)9-6-4-3-5-7-9/h3-8H,2H2,1H3. The summed E-state index contributed by atoms with van der Waals surface area (Å²) >= 11 is 6.00. The number of hydrogen-bond donors (Lipinski definition) is 0. The van der Waals surface area contributed by atoms with E-state index < -0.39 is 0 Å². The van der Waals surface area contributed by atoms with Crippen molar-refractivity contribution in [3.05, 3.63) is 41.6 Å². The van der Waals surface area contributed by atoms with Gasteiger partial charge in [0.15, 0.2) is 0 Å². The molecule has 0 radical (unpaired) electrons. The predicted molar refractivity (Wildman–Crippen MR) is 58.3 cm³/mol. The fourth-order valence-corrected chi connectivity index (χ4v) is 1.63. The lowest BCUT2D eigenvalue weighted by molar-refractivity contribution is 0.663. The van der Waals surface area contributed by atoms with Crippen LogP contribution in [-0.2, 0) is 6.54 Å². The van der Waals surface area contributed by atoms with Gasteiger partial charge in [0.25, 0.3) is 0 Å². The van der Waals surface area contributed by atoms with Gasteiger partial charge in [-0.2, -0.15) is 5.10 Å². The van der Waals surface area contributed by atoms with Crippen molar-refractivity contribution in [3.63, 3.8) is 0 Å². The smallest absolute Gasteiger partial charge is 0.127 e. The Kier molecular flexibility index (Phi) is 2.55. The summed E-state index contributed by atoms with van der Waals surface area (Å²) in [6.07, 6.45) is 0. The maximum absolute atomic E-state index is 6.00. The van der Waals surface area contributed by atoms with E-state index >= 15 is 0 Å². The molecule has 2 nitrogen and oxygen atoms in total. The Bertz CT molecular complexity index is 420. The van der Waals surface area contributed by atoms with Crippen molar-refractivity contribution in [1.29, 1.82) is 0 Å². The summed E-state index contributed by atoms with van der Waals surface area (Å²) in [7, 11) is 0. The zero-order valence-corrected chi connectivity index (χ0v) is 8.70. The average molecular weight is 207 g/mol. The molecule has 3 heteroatoms. The highest BCUT2D eigenvalue weighted by molar-refractivity contribution is 6.29. The second-order valence-electron chi connectivity index (χ2n) is 3.03. The van der Waals surface area contributed by atoms with Crippen LogP contribution >= 0.6 is 11.6 Å². The summed E-state index contributed by atoms with van der Waals surface area (Å²) in [5.41, 5.74) is 2.03.